The van der Waals surface area contributed by atoms with Crippen LogP contribution in [-0.4, -0.2) is 45.3 Å². The lowest BCUT2D eigenvalue weighted by atomic mass is 10.1. The van der Waals surface area contributed by atoms with E-state index in [1.807, 2.05) is 25.1 Å². The Morgan fingerprint density at radius 2 is 2.00 bits per heavy atom. The molecule has 126 valence electrons. The maximum atomic E-state index is 12.7. The van der Waals surface area contributed by atoms with E-state index >= 15 is 0 Å². The van der Waals surface area contributed by atoms with Crippen LogP contribution in [0.1, 0.15) is 11.6 Å². The van der Waals surface area contributed by atoms with Crippen molar-refractivity contribution in [3.63, 3.8) is 0 Å². The molecule has 4 rings (SSSR count). The molecule has 3 aromatic rings. The summed E-state index contributed by atoms with van der Waals surface area (Å²) in [4.78, 5) is 14.4. The minimum atomic E-state index is -2.32. The number of alkyl halides is 2. The maximum Gasteiger partial charge on any atom is 0.259 e. The van der Waals surface area contributed by atoms with Gasteiger partial charge in [-0.05, 0) is 18.4 Å². The van der Waals surface area contributed by atoms with Crippen LogP contribution in [0.25, 0.3) is 21.8 Å². The number of likely N-dealkylation sites (tertiary alicyclic amines) is 1. The maximum absolute atomic E-state index is 12.7. The highest BCUT2D eigenvalue weighted by Gasteiger charge is 2.32. The highest BCUT2D eigenvalue weighted by atomic mass is 19.3. The van der Waals surface area contributed by atoms with Gasteiger partial charge in [-0.15, -0.1) is 0 Å². The molecule has 0 atom stereocenters. The van der Waals surface area contributed by atoms with Gasteiger partial charge in [0.25, 0.3) is 12.0 Å². The van der Waals surface area contributed by atoms with E-state index in [1.165, 1.54) is 0 Å². The number of pyridine rings is 1. The number of nitrogens with zero attached hydrogens (tertiary/aromatic N) is 4. The van der Waals surface area contributed by atoms with Crippen LogP contribution in [-0.2, 0) is 7.05 Å². The second kappa shape index (κ2) is 5.37. The van der Waals surface area contributed by atoms with Crippen molar-refractivity contribution in [3.8, 4) is 0 Å². The zero-order valence-electron chi connectivity index (χ0n) is 13.5. The molecule has 0 unspecified atom stereocenters. The predicted molar refractivity (Wildman–Crippen MR) is 88.7 cm³/mol. The summed E-state index contributed by atoms with van der Waals surface area (Å²) in [6, 6.07) is 5.84. The quantitative estimate of drug-likeness (QED) is 0.739. The van der Waals surface area contributed by atoms with Gasteiger partial charge in [0, 0.05) is 30.9 Å². The molecule has 0 spiro atoms. The third-order valence-electron chi connectivity index (χ3n) is 4.77. The lowest BCUT2D eigenvalue weighted by molar-refractivity contribution is 0.0269. The van der Waals surface area contributed by atoms with Crippen LogP contribution in [0, 0.1) is 6.92 Å². The third kappa shape index (κ3) is 2.23. The predicted octanol–water partition coefficient (Wildman–Crippen LogP) is 2.32. The largest absolute Gasteiger partial charge is 0.295 e. The molecule has 5 nitrogen and oxygen atoms in total. The van der Waals surface area contributed by atoms with E-state index in [4.69, 9.17) is 0 Å². The first-order chi connectivity index (χ1) is 11.5. The van der Waals surface area contributed by atoms with Crippen LogP contribution in [0.5, 0.6) is 0 Å². The van der Waals surface area contributed by atoms with E-state index in [2.05, 4.69) is 5.10 Å². The van der Waals surface area contributed by atoms with Gasteiger partial charge in [0.15, 0.2) is 0 Å². The summed E-state index contributed by atoms with van der Waals surface area (Å²) >= 11 is 0. The lowest BCUT2D eigenvalue weighted by Crippen LogP contribution is -2.49. The molecule has 1 aromatic carbocycles. The molecule has 2 aromatic heterocycles. The zero-order valence-corrected chi connectivity index (χ0v) is 13.5. The summed E-state index contributed by atoms with van der Waals surface area (Å²) in [5.74, 6) is 0. The molecular formula is C17H18F2N4O. The topological polar surface area (TPSA) is 43.1 Å². The molecule has 0 N–H and O–H groups in total. The van der Waals surface area contributed by atoms with Gasteiger partial charge in [-0.1, -0.05) is 17.7 Å². The first kappa shape index (κ1) is 15.3. The first-order valence-corrected chi connectivity index (χ1v) is 7.93. The van der Waals surface area contributed by atoms with Crippen molar-refractivity contribution in [2.75, 3.05) is 19.6 Å². The Morgan fingerprint density at radius 1 is 1.25 bits per heavy atom. The summed E-state index contributed by atoms with van der Waals surface area (Å²) in [5.41, 5.74) is 1.72. The number of halogens is 2. The third-order valence-corrected chi connectivity index (χ3v) is 4.77. The second-order valence-electron chi connectivity index (χ2n) is 6.50. The average Bonchev–Trinajstić information content (AvgIpc) is 2.92. The summed E-state index contributed by atoms with van der Waals surface area (Å²) in [7, 11) is 1.74. The number of benzene rings is 1. The Bertz CT molecular complexity index is 986. The van der Waals surface area contributed by atoms with Gasteiger partial charge in [-0.3, -0.25) is 14.3 Å². The van der Waals surface area contributed by atoms with E-state index in [-0.39, 0.29) is 18.1 Å². The molecule has 0 radical (unpaired) electrons. The molecular weight excluding hydrogens is 314 g/mol. The Balaban J connectivity index is 1.81. The average molecular weight is 332 g/mol. The second-order valence-corrected chi connectivity index (χ2v) is 6.50. The van der Waals surface area contributed by atoms with Crippen LogP contribution in [0.3, 0.4) is 0 Å². The van der Waals surface area contributed by atoms with Crippen LogP contribution in [0.15, 0.2) is 29.2 Å². The van der Waals surface area contributed by atoms with Gasteiger partial charge in [0.05, 0.1) is 18.8 Å². The summed E-state index contributed by atoms with van der Waals surface area (Å²) < 4.78 is 28.3. The smallest absolute Gasteiger partial charge is 0.259 e. The number of aryl methyl sites for hydroxylation is 2. The fourth-order valence-electron chi connectivity index (χ4n) is 3.54. The molecule has 0 saturated carbocycles. The fourth-order valence-corrected chi connectivity index (χ4v) is 3.54. The van der Waals surface area contributed by atoms with Crippen molar-refractivity contribution < 1.29 is 8.78 Å². The lowest BCUT2D eigenvalue weighted by Gasteiger charge is -2.39. The van der Waals surface area contributed by atoms with E-state index in [1.54, 1.807) is 27.4 Å². The van der Waals surface area contributed by atoms with E-state index in [9.17, 15) is 13.6 Å². The minimum absolute atomic E-state index is 0.0229. The van der Waals surface area contributed by atoms with Crippen molar-refractivity contribution >= 4 is 21.8 Å². The SMILES string of the molecule is Cc1ccc2c(c1)c(=O)n(C)c1c2cnn1C1CN(CC(F)F)C1. The molecule has 1 saturated heterocycles. The molecule has 1 aliphatic heterocycles. The van der Waals surface area contributed by atoms with Crippen molar-refractivity contribution in [3.05, 3.63) is 40.3 Å². The molecule has 7 heteroatoms. The van der Waals surface area contributed by atoms with Gasteiger partial charge in [-0.25, -0.2) is 13.5 Å². The van der Waals surface area contributed by atoms with E-state index in [0.29, 0.717) is 18.5 Å². The number of rotatable bonds is 3. The minimum Gasteiger partial charge on any atom is -0.295 e. The van der Waals surface area contributed by atoms with Crippen LogP contribution in [0.2, 0.25) is 0 Å². The Kier molecular flexibility index (Phi) is 3.42. The van der Waals surface area contributed by atoms with Gasteiger partial charge < -0.3 is 0 Å². The van der Waals surface area contributed by atoms with E-state index < -0.39 is 6.43 Å². The Morgan fingerprint density at radius 3 is 2.71 bits per heavy atom. The first-order valence-electron chi connectivity index (χ1n) is 7.93. The van der Waals surface area contributed by atoms with Crippen molar-refractivity contribution in [1.82, 2.24) is 19.2 Å². The molecule has 24 heavy (non-hydrogen) atoms. The Labute approximate surface area is 137 Å². The highest BCUT2D eigenvalue weighted by molar-refractivity contribution is 6.04. The number of fused-ring (bicyclic) bond motifs is 3. The summed E-state index contributed by atoms with van der Waals surface area (Å²) in [5, 5.41) is 6.93. The van der Waals surface area contributed by atoms with Crippen molar-refractivity contribution in [2.45, 2.75) is 19.4 Å². The van der Waals surface area contributed by atoms with Crippen molar-refractivity contribution in [1.29, 1.82) is 0 Å². The van der Waals surface area contributed by atoms with Gasteiger partial charge in [0.1, 0.15) is 5.65 Å². The summed E-state index contributed by atoms with van der Waals surface area (Å²) in [6.07, 6.45) is -0.556. The molecule has 1 aliphatic rings. The zero-order chi connectivity index (χ0) is 17.0. The van der Waals surface area contributed by atoms with Gasteiger partial charge >= 0.3 is 0 Å². The fraction of sp³-hybridized carbons (Fsp3) is 0.412. The summed E-state index contributed by atoms with van der Waals surface area (Å²) in [6.45, 7) is 2.80. The van der Waals surface area contributed by atoms with Crippen LogP contribution in [0.4, 0.5) is 8.78 Å². The van der Waals surface area contributed by atoms with Gasteiger partial charge in [-0.2, -0.15) is 5.10 Å². The number of hydrogen-bond donors (Lipinski definition) is 0. The van der Waals surface area contributed by atoms with Gasteiger partial charge in [0.2, 0.25) is 0 Å². The van der Waals surface area contributed by atoms with Crippen molar-refractivity contribution in [2.24, 2.45) is 7.05 Å². The molecule has 0 bridgehead atoms. The highest BCUT2D eigenvalue weighted by Crippen LogP contribution is 2.28. The standard InChI is InChI=1S/C17H18F2N4O/c1-10-3-4-12-13(5-10)17(24)21(2)16-14(12)6-20-23(16)11-7-22(8-11)9-15(18)19/h3-6,11,15H,7-9H2,1-2H3. The number of aromatic nitrogens is 3. The van der Waals surface area contributed by atoms with Crippen LogP contribution >= 0.6 is 0 Å². The molecule has 1 fully saturated rings. The number of hydrogen-bond acceptors (Lipinski definition) is 3. The molecule has 3 heterocycles. The van der Waals surface area contributed by atoms with Crippen LogP contribution < -0.4 is 5.56 Å². The molecule has 0 aliphatic carbocycles. The monoisotopic (exact) mass is 332 g/mol. The normalized spacial score (nSPS) is 16.4. The molecule has 0 amide bonds. The Hall–Kier alpha value is -2.28. The van der Waals surface area contributed by atoms with E-state index in [0.717, 1.165) is 22.0 Å².